The first-order valence-corrected chi connectivity index (χ1v) is 11.0. The number of para-hydroxylation sites is 1. The summed E-state index contributed by atoms with van der Waals surface area (Å²) in [5.41, 5.74) is 2.03. The van der Waals surface area contributed by atoms with Crippen LogP contribution in [0.4, 0.5) is 5.13 Å². The average molecular weight is 469 g/mol. The molecule has 0 unspecified atom stereocenters. The van der Waals surface area contributed by atoms with Gasteiger partial charge in [-0.05, 0) is 29.8 Å². The number of thiazole rings is 1. The molecule has 0 atom stereocenters. The largest absolute Gasteiger partial charge is 0.493 e. The summed E-state index contributed by atoms with van der Waals surface area (Å²) in [6.45, 7) is 0.341. The van der Waals surface area contributed by atoms with Crippen LogP contribution in [0.25, 0.3) is 10.2 Å². The zero-order valence-electron chi connectivity index (χ0n) is 17.8. The van der Waals surface area contributed by atoms with Crippen molar-refractivity contribution in [2.24, 2.45) is 0 Å². The lowest BCUT2D eigenvalue weighted by molar-refractivity contribution is 0.0984. The third-order valence-electron chi connectivity index (χ3n) is 4.93. The molecule has 8 heteroatoms. The van der Waals surface area contributed by atoms with E-state index in [2.05, 4.69) is 4.98 Å². The highest BCUT2D eigenvalue weighted by molar-refractivity contribution is 7.22. The van der Waals surface area contributed by atoms with E-state index >= 15 is 0 Å². The average Bonchev–Trinajstić information content (AvgIpc) is 3.27. The number of nitrogens with zero attached hydrogens (tertiary/aromatic N) is 2. The van der Waals surface area contributed by atoms with Crippen LogP contribution in [0.3, 0.4) is 0 Å². The molecular formula is C24H21ClN2O4S. The molecule has 0 saturated heterocycles. The van der Waals surface area contributed by atoms with Gasteiger partial charge in [0.25, 0.3) is 5.91 Å². The number of ether oxygens (including phenoxy) is 3. The quantitative estimate of drug-likeness (QED) is 0.342. The number of anilines is 1. The van der Waals surface area contributed by atoms with Gasteiger partial charge in [-0.15, -0.1) is 0 Å². The number of methoxy groups -OCH3 is 3. The van der Waals surface area contributed by atoms with Crippen LogP contribution < -0.4 is 19.1 Å². The van der Waals surface area contributed by atoms with Crippen LogP contribution >= 0.6 is 22.9 Å². The third-order valence-corrected chi connectivity index (χ3v) is 6.28. The van der Waals surface area contributed by atoms with Crippen molar-refractivity contribution in [3.05, 3.63) is 76.8 Å². The molecule has 4 aromatic rings. The molecule has 4 rings (SSSR count). The number of fused-ring (bicyclic) bond motifs is 1. The summed E-state index contributed by atoms with van der Waals surface area (Å²) in [5, 5.41) is 1.10. The molecule has 1 aromatic heterocycles. The third kappa shape index (κ3) is 4.22. The number of rotatable bonds is 7. The minimum atomic E-state index is -0.247. The van der Waals surface area contributed by atoms with Gasteiger partial charge in [0.15, 0.2) is 16.6 Å². The monoisotopic (exact) mass is 468 g/mol. The molecule has 1 amide bonds. The highest BCUT2D eigenvalue weighted by atomic mass is 35.5. The highest BCUT2D eigenvalue weighted by Crippen LogP contribution is 2.40. The molecule has 0 spiro atoms. The molecule has 0 saturated carbocycles. The fourth-order valence-corrected chi connectivity index (χ4v) is 4.63. The number of hydrogen-bond acceptors (Lipinski definition) is 6. The van der Waals surface area contributed by atoms with Crippen molar-refractivity contribution >= 4 is 44.2 Å². The second-order valence-electron chi connectivity index (χ2n) is 6.87. The number of benzene rings is 3. The molecule has 32 heavy (non-hydrogen) atoms. The second kappa shape index (κ2) is 9.46. The molecule has 0 aliphatic rings. The SMILES string of the molecule is COc1cc(C(=O)N(Cc2ccccc2)c2nc3c(Cl)cccc3s2)cc(OC)c1OC. The summed E-state index contributed by atoms with van der Waals surface area (Å²) in [6, 6.07) is 18.6. The number of halogens is 1. The normalized spacial score (nSPS) is 10.8. The lowest BCUT2D eigenvalue weighted by Gasteiger charge is -2.21. The van der Waals surface area contributed by atoms with Crippen molar-refractivity contribution in [2.45, 2.75) is 6.54 Å². The predicted molar refractivity (Wildman–Crippen MR) is 128 cm³/mol. The first kappa shape index (κ1) is 21.9. The first-order chi connectivity index (χ1) is 15.5. The summed E-state index contributed by atoms with van der Waals surface area (Å²) in [4.78, 5) is 20.1. The van der Waals surface area contributed by atoms with Crippen molar-refractivity contribution in [3.8, 4) is 17.2 Å². The lowest BCUT2D eigenvalue weighted by atomic mass is 10.1. The van der Waals surface area contributed by atoms with Crippen molar-refractivity contribution in [1.82, 2.24) is 4.98 Å². The summed E-state index contributed by atoms with van der Waals surface area (Å²) in [5.74, 6) is 0.987. The Morgan fingerprint density at radius 3 is 2.25 bits per heavy atom. The Labute approximate surface area is 194 Å². The summed E-state index contributed by atoms with van der Waals surface area (Å²) >= 11 is 7.75. The second-order valence-corrected chi connectivity index (χ2v) is 8.29. The van der Waals surface area contributed by atoms with Crippen molar-refractivity contribution in [1.29, 1.82) is 0 Å². The van der Waals surface area contributed by atoms with Gasteiger partial charge in [-0.3, -0.25) is 9.69 Å². The van der Waals surface area contributed by atoms with Crippen LogP contribution in [0.15, 0.2) is 60.7 Å². The smallest absolute Gasteiger partial charge is 0.260 e. The Bertz CT molecular complexity index is 1230. The van der Waals surface area contributed by atoms with Gasteiger partial charge in [-0.25, -0.2) is 4.98 Å². The number of carbonyl (C=O) groups is 1. The van der Waals surface area contributed by atoms with E-state index in [1.165, 1.54) is 32.7 Å². The van der Waals surface area contributed by atoms with Gasteiger partial charge in [0, 0.05) is 5.56 Å². The Morgan fingerprint density at radius 2 is 1.66 bits per heavy atom. The van der Waals surface area contributed by atoms with Gasteiger partial charge in [-0.2, -0.15) is 0 Å². The zero-order chi connectivity index (χ0) is 22.7. The van der Waals surface area contributed by atoms with Crippen molar-refractivity contribution in [3.63, 3.8) is 0 Å². The molecule has 0 N–H and O–H groups in total. The van der Waals surface area contributed by atoms with E-state index in [0.717, 1.165) is 10.3 Å². The molecule has 164 valence electrons. The first-order valence-electron chi connectivity index (χ1n) is 9.76. The van der Waals surface area contributed by atoms with E-state index in [1.807, 2.05) is 42.5 Å². The summed E-state index contributed by atoms with van der Waals surface area (Å²) < 4.78 is 17.2. The number of hydrogen-bond donors (Lipinski definition) is 0. The Hall–Kier alpha value is -3.29. The van der Waals surface area contributed by atoms with Gasteiger partial charge in [0.2, 0.25) is 5.75 Å². The molecule has 6 nitrogen and oxygen atoms in total. The van der Waals surface area contributed by atoms with E-state index in [9.17, 15) is 4.79 Å². The Balaban J connectivity index is 1.82. The van der Waals surface area contributed by atoms with E-state index in [4.69, 9.17) is 25.8 Å². The topological polar surface area (TPSA) is 60.9 Å². The number of carbonyl (C=O) groups excluding carboxylic acids is 1. The Morgan fingerprint density at radius 1 is 0.969 bits per heavy atom. The maximum atomic E-state index is 13.8. The van der Waals surface area contributed by atoms with Crippen LogP contribution in [-0.4, -0.2) is 32.2 Å². The van der Waals surface area contributed by atoms with Crippen LogP contribution in [0.5, 0.6) is 17.2 Å². The minimum absolute atomic E-state index is 0.247. The van der Waals surface area contributed by atoms with Crippen molar-refractivity contribution in [2.75, 3.05) is 26.2 Å². The van der Waals surface area contributed by atoms with Gasteiger partial charge in [-0.1, -0.05) is 59.3 Å². The van der Waals surface area contributed by atoms with Crippen molar-refractivity contribution < 1.29 is 19.0 Å². The number of amides is 1. The molecule has 0 radical (unpaired) electrons. The Kier molecular flexibility index (Phi) is 6.48. The maximum Gasteiger partial charge on any atom is 0.260 e. The van der Waals surface area contributed by atoms with Crippen LogP contribution in [0.2, 0.25) is 5.02 Å². The van der Waals surface area contributed by atoms with E-state index < -0.39 is 0 Å². The maximum absolute atomic E-state index is 13.8. The molecule has 0 aliphatic carbocycles. The standard InChI is InChI=1S/C24H21ClN2O4S/c1-29-18-12-16(13-19(30-2)22(18)31-3)23(28)27(14-15-8-5-4-6-9-15)24-26-21-17(25)10-7-11-20(21)32-24/h4-13H,14H2,1-3H3. The highest BCUT2D eigenvalue weighted by Gasteiger charge is 2.25. The molecule has 0 aliphatic heterocycles. The molecule has 1 heterocycles. The van der Waals surface area contributed by atoms with Crippen LogP contribution in [-0.2, 0) is 6.54 Å². The fourth-order valence-electron chi connectivity index (χ4n) is 3.37. The van der Waals surface area contributed by atoms with Gasteiger partial charge in [0.05, 0.1) is 37.6 Å². The van der Waals surface area contributed by atoms with E-state index in [1.54, 1.807) is 23.1 Å². The molecule has 3 aromatic carbocycles. The number of aromatic nitrogens is 1. The molecule has 0 fully saturated rings. The van der Waals surface area contributed by atoms with Crippen LogP contribution in [0, 0.1) is 0 Å². The molecular weight excluding hydrogens is 448 g/mol. The van der Waals surface area contributed by atoms with Gasteiger partial charge >= 0.3 is 0 Å². The zero-order valence-corrected chi connectivity index (χ0v) is 19.4. The minimum Gasteiger partial charge on any atom is -0.493 e. The fraction of sp³-hybridized carbons (Fsp3) is 0.167. The lowest BCUT2D eigenvalue weighted by Crippen LogP contribution is -2.30. The van der Waals surface area contributed by atoms with E-state index in [0.29, 0.717) is 45.0 Å². The summed E-state index contributed by atoms with van der Waals surface area (Å²) in [7, 11) is 4.56. The van der Waals surface area contributed by atoms with Gasteiger partial charge < -0.3 is 14.2 Å². The predicted octanol–water partition coefficient (Wildman–Crippen LogP) is 5.82. The summed E-state index contributed by atoms with van der Waals surface area (Å²) in [6.07, 6.45) is 0. The van der Waals surface area contributed by atoms with Gasteiger partial charge in [0.1, 0.15) is 5.52 Å². The van der Waals surface area contributed by atoms with Crippen LogP contribution in [0.1, 0.15) is 15.9 Å². The molecule has 0 bridgehead atoms. The van der Waals surface area contributed by atoms with E-state index in [-0.39, 0.29) is 5.91 Å².